The number of primary amides is 1. The van der Waals surface area contributed by atoms with Crippen LogP contribution in [0.25, 0.3) is 0 Å². The first kappa shape index (κ1) is 18.2. The second-order valence-corrected chi connectivity index (χ2v) is 6.34. The monoisotopic (exact) mass is 369 g/mol. The molecule has 0 aliphatic heterocycles. The van der Waals surface area contributed by atoms with Crippen molar-refractivity contribution in [1.82, 2.24) is 19.6 Å². The minimum absolute atomic E-state index is 0.124. The van der Waals surface area contributed by atoms with Crippen molar-refractivity contribution >= 4 is 11.7 Å². The average molecular weight is 369 g/mol. The van der Waals surface area contributed by atoms with Crippen molar-refractivity contribution in [2.24, 2.45) is 12.8 Å². The van der Waals surface area contributed by atoms with Crippen LogP contribution >= 0.6 is 0 Å². The Labute approximate surface area is 147 Å². The van der Waals surface area contributed by atoms with Crippen LogP contribution in [0.1, 0.15) is 45.8 Å². The third kappa shape index (κ3) is 3.35. The Bertz CT molecular complexity index is 866. The fourth-order valence-electron chi connectivity index (χ4n) is 3.32. The van der Waals surface area contributed by atoms with E-state index in [0.717, 1.165) is 11.1 Å². The molecule has 0 spiro atoms. The predicted octanol–water partition coefficient (Wildman–Crippen LogP) is 1.42. The Kier molecular flexibility index (Phi) is 4.59. The number of halogens is 3. The molecule has 0 saturated heterocycles. The van der Waals surface area contributed by atoms with Crippen LogP contribution in [0.5, 0.6) is 0 Å². The molecule has 0 unspecified atom stereocenters. The molecule has 2 aromatic heterocycles. The lowest BCUT2D eigenvalue weighted by atomic mass is 9.95. The normalized spacial score (nSPS) is 14.3. The highest BCUT2D eigenvalue weighted by Crippen LogP contribution is 2.35. The number of Topliss-reactive ketones (excluding diaryl/α,β-unsaturated/α-hetero) is 1. The Morgan fingerprint density at radius 1 is 1.27 bits per heavy atom. The van der Waals surface area contributed by atoms with E-state index < -0.39 is 17.8 Å². The molecule has 0 fully saturated rings. The molecular weight excluding hydrogens is 351 g/mol. The molecule has 1 aliphatic carbocycles. The Hall–Kier alpha value is -2.65. The van der Waals surface area contributed by atoms with Crippen LogP contribution in [0.4, 0.5) is 13.2 Å². The number of ketones is 1. The van der Waals surface area contributed by atoms with Crippen molar-refractivity contribution in [2.45, 2.75) is 44.8 Å². The number of aromatic nitrogens is 4. The van der Waals surface area contributed by atoms with Crippen LogP contribution in [0.15, 0.2) is 6.20 Å². The summed E-state index contributed by atoms with van der Waals surface area (Å²) in [5, 5.41) is 7.57. The highest BCUT2D eigenvalue weighted by Gasteiger charge is 2.39. The second kappa shape index (κ2) is 6.58. The van der Waals surface area contributed by atoms with Gasteiger partial charge in [-0.1, -0.05) is 0 Å². The van der Waals surface area contributed by atoms with Gasteiger partial charge in [-0.15, -0.1) is 0 Å². The Morgan fingerprint density at radius 3 is 2.62 bits per heavy atom. The van der Waals surface area contributed by atoms with Gasteiger partial charge in [-0.25, -0.2) is 0 Å². The van der Waals surface area contributed by atoms with E-state index in [2.05, 4.69) is 10.2 Å². The summed E-state index contributed by atoms with van der Waals surface area (Å²) in [4.78, 5) is 23.8. The zero-order chi connectivity index (χ0) is 19.1. The number of nitrogens with two attached hydrogens (primary N) is 1. The topological polar surface area (TPSA) is 95.8 Å². The predicted molar refractivity (Wildman–Crippen MR) is 84.3 cm³/mol. The van der Waals surface area contributed by atoms with E-state index in [0.29, 0.717) is 30.7 Å². The van der Waals surface area contributed by atoms with Crippen molar-refractivity contribution in [1.29, 1.82) is 0 Å². The van der Waals surface area contributed by atoms with Gasteiger partial charge in [0.15, 0.2) is 11.5 Å². The van der Waals surface area contributed by atoms with Crippen molar-refractivity contribution in [2.75, 3.05) is 0 Å². The fourth-order valence-corrected chi connectivity index (χ4v) is 3.32. The van der Waals surface area contributed by atoms with Gasteiger partial charge < -0.3 is 5.73 Å². The summed E-state index contributed by atoms with van der Waals surface area (Å²) in [7, 11) is 1.56. The molecule has 10 heteroatoms. The van der Waals surface area contributed by atoms with Gasteiger partial charge in [-0.05, 0) is 25.7 Å². The lowest BCUT2D eigenvalue weighted by Gasteiger charge is -2.14. The van der Waals surface area contributed by atoms with Crippen molar-refractivity contribution in [3.05, 3.63) is 34.4 Å². The van der Waals surface area contributed by atoms with E-state index in [4.69, 9.17) is 5.73 Å². The molecular formula is C16H18F3N5O2. The minimum atomic E-state index is -4.54. The van der Waals surface area contributed by atoms with E-state index >= 15 is 0 Å². The fraction of sp³-hybridized carbons (Fsp3) is 0.500. The van der Waals surface area contributed by atoms with Crippen LogP contribution in [0.2, 0.25) is 0 Å². The third-order valence-corrected chi connectivity index (χ3v) is 4.54. The SMILES string of the molecule is Cn1ncc(C(N)=O)c1CC(=O)Cn1nc(C(F)(F)F)c2c1CCCC2. The van der Waals surface area contributed by atoms with E-state index in [1.165, 1.54) is 10.9 Å². The first-order valence-corrected chi connectivity index (χ1v) is 8.16. The van der Waals surface area contributed by atoms with E-state index in [-0.39, 0.29) is 29.9 Å². The molecule has 0 saturated carbocycles. The summed E-state index contributed by atoms with van der Waals surface area (Å²) < 4.78 is 42.1. The largest absolute Gasteiger partial charge is 0.435 e. The first-order chi connectivity index (χ1) is 12.2. The van der Waals surface area contributed by atoms with Crippen molar-refractivity contribution in [3.63, 3.8) is 0 Å². The molecule has 0 aromatic carbocycles. The number of rotatable bonds is 5. The van der Waals surface area contributed by atoms with Gasteiger partial charge in [-0.3, -0.25) is 19.0 Å². The lowest BCUT2D eigenvalue weighted by Crippen LogP contribution is -2.21. The van der Waals surface area contributed by atoms with Gasteiger partial charge in [0.05, 0.1) is 23.9 Å². The molecule has 7 nitrogen and oxygen atoms in total. The van der Waals surface area contributed by atoms with Crippen LogP contribution in [0.3, 0.4) is 0 Å². The number of hydrogen-bond donors (Lipinski definition) is 1. The van der Waals surface area contributed by atoms with Crippen LogP contribution in [0, 0.1) is 0 Å². The van der Waals surface area contributed by atoms with Gasteiger partial charge in [-0.2, -0.15) is 23.4 Å². The quantitative estimate of drug-likeness (QED) is 0.862. The minimum Gasteiger partial charge on any atom is -0.365 e. The average Bonchev–Trinajstić information content (AvgIpc) is 3.09. The van der Waals surface area contributed by atoms with Crippen LogP contribution in [-0.4, -0.2) is 31.3 Å². The molecule has 3 rings (SSSR count). The number of alkyl halides is 3. The van der Waals surface area contributed by atoms with Gasteiger partial charge in [0.1, 0.15) is 6.54 Å². The van der Waals surface area contributed by atoms with Gasteiger partial charge >= 0.3 is 6.18 Å². The van der Waals surface area contributed by atoms with E-state index in [9.17, 15) is 22.8 Å². The third-order valence-electron chi connectivity index (χ3n) is 4.54. The number of aryl methyl sites for hydroxylation is 1. The Morgan fingerprint density at radius 2 is 1.96 bits per heavy atom. The van der Waals surface area contributed by atoms with Crippen LogP contribution in [-0.2, 0) is 43.8 Å². The number of carbonyl (C=O) groups is 2. The zero-order valence-corrected chi connectivity index (χ0v) is 14.1. The number of hydrogen-bond acceptors (Lipinski definition) is 4. The van der Waals surface area contributed by atoms with Gasteiger partial charge in [0, 0.05) is 18.3 Å². The smallest absolute Gasteiger partial charge is 0.365 e. The van der Waals surface area contributed by atoms with Gasteiger partial charge in [0.2, 0.25) is 0 Å². The van der Waals surface area contributed by atoms with E-state index in [1.54, 1.807) is 7.05 Å². The molecule has 26 heavy (non-hydrogen) atoms. The molecule has 0 radical (unpaired) electrons. The summed E-state index contributed by atoms with van der Waals surface area (Å²) in [6, 6.07) is 0. The molecule has 2 N–H and O–H groups in total. The molecule has 0 atom stereocenters. The van der Waals surface area contributed by atoms with Crippen LogP contribution < -0.4 is 5.73 Å². The standard InChI is InChI=1S/C16H18F3N5O2/c1-23-13(11(7-21-23)15(20)26)6-9(25)8-24-12-5-3-2-4-10(12)14(22-24)16(17,18)19/h7H,2-6,8H2,1H3,(H2,20,26). The summed E-state index contributed by atoms with van der Waals surface area (Å²) in [6.45, 7) is -0.290. The number of fused-ring (bicyclic) bond motifs is 1. The summed E-state index contributed by atoms with van der Waals surface area (Å²) >= 11 is 0. The lowest BCUT2D eigenvalue weighted by molar-refractivity contribution is -0.142. The number of carbonyl (C=O) groups excluding carboxylic acids is 2. The maximum atomic E-state index is 13.2. The summed E-state index contributed by atoms with van der Waals surface area (Å²) in [5.74, 6) is -1.09. The Balaban J connectivity index is 1.86. The maximum Gasteiger partial charge on any atom is 0.435 e. The molecule has 2 aromatic rings. The second-order valence-electron chi connectivity index (χ2n) is 6.34. The van der Waals surface area contributed by atoms with Crippen molar-refractivity contribution < 1.29 is 22.8 Å². The summed E-state index contributed by atoms with van der Waals surface area (Å²) in [6.07, 6.45) is -1.23. The maximum absolute atomic E-state index is 13.2. The molecule has 1 aliphatic rings. The van der Waals surface area contributed by atoms with Gasteiger partial charge in [0.25, 0.3) is 5.91 Å². The number of nitrogens with zero attached hydrogens (tertiary/aromatic N) is 4. The highest BCUT2D eigenvalue weighted by molar-refractivity contribution is 5.95. The van der Waals surface area contributed by atoms with E-state index in [1.807, 2.05) is 0 Å². The molecule has 2 heterocycles. The molecule has 140 valence electrons. The highest BCUT2D eigenvalue weighted by atomic mass is 19.4. The zero-order valence-electron chi connectivity index (χ0n) is 14.1. The summed E-state index contributed by atoms with van der Waals surface area (Å²) in [5.41, 5.74) is 5.46. The number of amides is 1. The molecule has 1 amide bonds. The molecule has 0 bridgehead atoms. The first-order valence-electron chi connectivity index (χ1n) is 8.16. The van der Waals surface area contributed by atoms with Crippen molar-refractivity contribution in [3.8, 4) is 0 Å².